The lowest BCUT2D eigenvalue weighted by Gasteiger charge is -2.25. The van der Waals surface area contributed by atoms with E-state index in [1.165, 1.54) is 0 Å². The second-order valence-electron chi connectivity index (χ2n) is 6.22. The van der Waals surface area contributed by atoms with Gasteiger partial charge in [-0.3, -0.25) is 4.79 Å². The van der Waals surface area contributed by atoms with E-state index in [2.05, 4.69) is 10.3 Å². The SMILES string of the molecule is CC(C)(C)C(O)CNC(=O)Cc1c[nH]c2ccccc12. The number of carbonyl (C=O) groups is 1. The minimum atomic E-state index is -0.547. The number of benzene rings is 1. The van der Waals surface area contributed by atoms with Crippen LogP contribution >= 0.6 is 0 Å². The van der Waals surface area contributed by atoms with Gasteiger partial charge < -0.3 is 15.4 Å². The molecular weight excluding hydrogens is 252 g/mol. The summed E-state index contributed by atoms with van der Waals surface area (Å²) in [4.78, 5) is 15.1. The van der Waals surface area contributed by atoms with Crippen LogP contribution in [-0.4, -0.2) is 28.6 Å². The molecule has 0 radical (unpaired) electrons. The Kier molecular flexibility index (Phi) is 4.14. The summed E-state index contributed by atoms with van der Waals surface area (Å²) in [6.07, 6.45) is 1.64. The number of hydrogen-bond donors (Lipinski definition) is 3. The van der Waals surface area contributed by atoms with E-state index in [0.717, 1.165) is 16.5 Å². The number of rotatable bonds is 4. The van der Waals surface area contributed by atoms with Crippen LogP contribution < -0.4 is 5.32 Å². The summed E-state index contributed by atoms with van der Waals surface area (Å²) in [6, 6.07) is 7.90. The smallest absolute Gasteiger partial charge is 0.224 e. The summed E-state index contributed by atoms with van der Waals surface area (Å²) in [5.74, 6) is -0.0712. The highest BCUT2D eigenvalue weighted by Crippen LogP contribution is 2.19. The van der Waals surface area contributed by atoms with E-state index < -0.39 is 6.10 Å². The highest BCUT2D eigenvalue weighted by Gasteiger charge is 2.22. The number of aliphatic hydroxyl groups is 1. The third-order valence-corrected chi connectivity index (χ3v) is 3.52. The molecule has 0 fully saturated rings. The Morgan fingerprint density at radius 3 is 2.75 bits per heavy atom. The molecular formula is C16H22N2O2. The van der Waals surface area contributed by atoms with Crippen molar-refractivity contribution < 1.29 is 9.90 Å². The van der Waals surface area contributed by atoms with Crippen molar-refractivity contribution in [3.8, 4) is 0 Å². The summed E-state index contributed by atoms with van der Waals surface area (Å²) in [6.45, 7) is 6.13. The van der Waals surface area contributed by atoms with Crippen molar-refractivity contribution in [3.05, 3.63) is 36.0 Å². The molecule has 1 atom stereocenters. The van der Waals surface area contributed by atoms with Crippen LogP contribution in [0.5, 0.6) is 0 Å². The molecule has 0 bridgehead atoms. The second kappa shape index (κ2) is 5.67. The van der Waals surface area contributed by atoms with Crippen molar-refractivity contribution in [2.45, 2.75) is 33.3 Å². The van der Waals surface area contributed by atoms with Gasteiger partial charge in [-0.2, -0.15) is 0 Å². The van der Waals surface area contributed by atoms with Crippen molar-refractivity contribution in [1.82, 2.24) is 10.3 Å². The van der Waals surface area contributed by atoms with Gasteiger partial charge in [0.05, 0.1) is 12.5 Å². The van der Waals surface area contributed by atoms with Gasteiger partial charge in [-0.05, 0) is 17.0 Å². The summed E-state index contributed by atoms with van der Waals surface area (Å²) < 4.78 is 0. The number of para-hydroxylation sites is 1. The Morgan fingerprint density at radius 1 is 1.35 bits per heavy atom. The standard InChI is InChI=1S/C16H22N2O2/c1-16(2,3)14(19)10-18-15(20)8-11-9-17-13-7-5-4-6-12(11)13/h4-7,9,14,17,19H,8,10H2,1-3H3,(H,18,20). The number of aliphatic hydroxyl groups excluding tert-OH is 1. The molecule has 1 amide bonds. The van der Waals surface area contributed by atoms with Gasteiger partial charge in [0, 0.05) is 23.6 Å². The molecule has 108 valence electrons. The van der Waals surface area contributed by atoms with Crippen LogP contribution in [0, 0.1) is 5.41 Å². The van der Waals surface area contributed by atoms with Crippen LogP contribution in [0.15, 0.2) is 30.5 Å². The number of aromatic amines is 1. The van der Waals surface area contributed by atoms with Gasteiger partial charge in [0.25, 0.3) is 0 Å². The van der Waals surface area contributed by atoms with Crippen LogP contribution in [0.2, 0.25) is 0 Å². The van der Waals surface area contributed by atoms with Crippen LogP contribution in [0.1, 0.15) is 26.3 Å². The first-order valence-electron chi connectivity index (χ1n) is 6.87. The molecule has 0 saturated carbocycles. The van der Waals surface area contributed by atoms with Gasteiger partial charge in [-0.25, -0.2) is 0 Å². The Labute approximate surface area is 119 Å². The zero-order valence-electron chi connectivity index (χ0n) is 12.2. The van der Waals surface area contributed by atoms with Crippen LogP contribution in [0.25, 0.3) is 10.9 Å². The average Bonchev–Trinajstić information content (AvgIpc) is 2.78. The first-order chi connectivity index (χ1) is 9.38. The average molecular weight is 274 g/mol. The fraction of sp³-hybridized carbons (Fsp3) is 0.438. The molecule has 4 heteroatoms. The van der Waals surface area contributed by atoms with Crippen molar-refractivity contribution in [2.75, 3.05) is 6.54 Å². The largest absolute Gasteiger partial charge is 0.391 e. The molecule has 3 N–H and O–H groups in total. The molecule has 1 heterocycles. The zero-order chi connectivity index (χ0) is 14.8. The van der Waals surface area contributed by atoms with Crippen LogP contribution in [-0.2, 0) is 11.2 Å². The molecule has 0 aliphatic rings. The fourth-order valence-corrected chi connectivity index (χ4v) is 2.03. The van der Waals surface area contributed by atoms with E-state index in [-0.39, 0.29) is 17.9 Å². The van der Waals surface area contributed by atoms with Gasteiger partial charge in [0.2, 0.25) is 5.91 Å². The minimum absolute atomic E-state index is 0.0712. The molecule has 0 aliphatic carbocycles. The molecule has 1 aromatic carbocycles. The minimum Gasteiger partial charge on any atom is -0.391 e. The van der Waals surface area contributed by atoms with Crippen LogP contribution in [0.3, 0.4) is 0 Å². The van der Waals surface area contributed by atoms with E-state index in [4.69, 9.17) is 0 Å². The first kappa shape index (κ1) is 14.6. The molecule has 20 heavy (non-hydrogen) atoms. The highest BCUT2D eigenvalue weighted by atomic mass is 16.3. The lowest BCUT2D eigenvalue weighted by molar-refractivity contribution is -0.121. The summed E-state index contributed by atoms with van der Waals surface area (Å²) in [5.41, 5.74) is 1.78. The van der Waals surface area contributed by atoms with Crippen molar-refractivity contribution in [3.63, 3.8) is 0 Å². The Balaban J connectivity index is 1.95. The first-order valence-corrected chi connectivity index (χ1v) is 6.87. The third-order valence-electron chi connectivity index (χ3n) is 3.52. The van der Waals surface area contributed by atoms with E-state index in [1.54, 1.807) is 0 Å². The quantitative estimate of drug-likeness (QED) is 0.800. The number of amides is 1. The molecule has 0 saturated heterocycles. The molecule has 0 aliphatic heterocycles. The van der Waals surface area contributed by atoms with Crippen LogP contribution in [0.4, 0.5) is 0 Å². The van der Waals surface area contributed by atoms with Crippen molar-refractivity contribution >= 4 is 16.8 Å². The predicted molar refractivity (Wildman–Crippen MR) is 80.5 cm³/mol. The summed E-state index contributed by atoms with van der Waals surface area (Å²) in [7, 11) is 0. The van der Waals surface area contributed by atoms with Crippen molar-refractivity contribution in [2.24, 2.45) is 5.41 Å². The van der Waals surface area contributed by atoms with Gasteiger partial charge in [-0.1, -0.05) is 39.0 Å². The van der Waals surface area contributed by atoms with E-state index in [1.807, 2.05) is 51.2 Å². The number of hydrogen-bond acceptors (Lipinski definition) is 2. The lowest BCUT2D eigenvalue weighted by atomic mass is 9.89. The summed E-state index contributed by atoms with van der Waals surface area (Å²) in [5, 5.41) is 13.8. The second-order valence-corrected chi connectivity index (χ2v) is 6.22. The number of nitrogens with one attached hydrogen (secondary N) is 2. The number of H-pyrrole nitrogens is 1. The Bertz CT molecular complexity index is 596. The monoisotopic (exact) mass is 274 g/mol. The van der Waals surface area contributed by atoms with Gasteiger partial charge in [0.15, 0.2) is 0 Å². The van der Waals surface area contributed by atoms with Crippen molar-refractivity contribution in [1.29, 1.82) is 0 Å². The zero-order valence-corrected chi connectivity index (χ0v) is 12.2. The number of fused-ring (bicyclic) bond motifs is 1. The maximum atomic E-state index is 11.9. The Morgan fingerprint density at radius 2 is 2.05 bits per heavy atom. The lowest BCUT2D eigenvalue weighted by Crippen LogP contribution is -2.39. The highest BCUT2D eigenvalue weighted by molar-refractivity contribution is 5.88. The molecule has 4 nitrogen and oxygen atoms in total. The number of aromatic nitrogens is 1. The topological polar surface area (TPSA) is 65.1 Å². The summed E-state index contributed by atoms with van der Waals surface area (Å²) >= 11 is 0. The normalized spacial score (nSPS) is 13.4. The fourth-order valence-electron chi connectivity index (χ4n) is 2.03. The van der Waals surface area contributed by atoms with E-state index >= 15 is 0 Å². The maximum absolute atomic E-state index is 11.9. The third kappa shape index (κ3) is 3.39. The molecule has 1 aromatic heterocycles. The maximum Gasteiger partial charge on any atom is 0.224 e. The van der Waals surface area contributed by atoms with E-state index in [9.17, 15) is 9.90 Å². The molecule has 2 rings (SSSR count). The molecule has 2 aromatic rings. The number of carbonyl (C=O) groups excluding carboxylic acids is 1. The van der Waals surface area contributed by atoms with Gasteiger partial charge in [0.1, 0.15) is 0 Å². The predicted octanol–water partition coefficient (Wildman–Crippen LogP) is 2.23. The Hall–Kier alpha value is -1.81. The van der Waals surface area contributed by atoms with E-state index in [0.29, 0.717) is 6.42 Å². The van der Waals surface area contributed by atoms with Gasteiger partial charge >= 0.3 is 0 Å². The molecule has 0 spiro atoms. The van der Waals surface area contributed by atoms with Gasteiger partial charge in [-0.15, -0.1) is 0 Å². The molecule has 1 unspecified atom stereocenters.